The van der Waals surface area contributed by atoms with E-state index in [-0.39, 0.29) is 38.9 Å². The molecule has 4 unspecified atom stereocenters. The number of hydrogen-bond acceptors (Lipinski definition) is 18. The van der Waals surface area contributed by atoms with Gasteiger partial charge in [-0.3, -0.25) is 0 Å². The first-order valence-electron chi connectivity index (χ1n) is 24.9. The number of rotatable bonds is 18. The zero-order valence-electron chi connectivity index (χ0n) is 41.8. The second-order valence-corrected chi connectivity index (χ2v) is 17.8. The van der Waals surface area contributed by atoms with Crippen molar-refractivity contribution in [2.45, 2.75) is 61.4 Å². The number of aliphatic hydroxyl groups excluding tert-OH is 1. The lowest BCUT2D eigenvalue weighted by Gasteiger charge is -2.48. The summed E-state index contributed by atoms with van der Waals surface area (Å²) in [6, 6.07) is 54.1. The van der Waals surface area contributed by atoms with Crippen molar-refractivity contribution >= 4 is 41.8 Å². The number of ether oxygens (including phenoxy) is 10. The van der Waals surface area contributed by atoms with E-state index in [4.69, 9.17) is 47.4 Å². The molecule has 2 heterocycles. The van der Waals surface area contributed by atoms with Crippen LogP contribution in [0.2, 0.25) is 0 Å². The standard InChI is InChI=1S/C61H50O18/c62-53(38-22-8-1-9-23-38)70-36-45-47(74-55(64)40-26-12-3-13-27-40)49(51(60(69)72-45)77-58(67)43-32-18-6-19-33-43)79-61-52(78-59(68)44-34-20-7-21-35-44)50(76-57(66)42-30-16-5-17-31-42)48(75-56(65)41-28-14-4-15-29-41)46(73-61)37-71-54(63)39-24-10-2-11-25-39/h1-35,45-52,60-61,69H,36-37H2/t45?,46?,47-,48-,49+,50+,51?,52?,60-,61+/m1/s1. The summed E-state index contributed by atoms with van der Waals surface area (Å²) in [5.74, 6) is -6.72. The highest BCUT2D eigenvalue weighted by Crippen LogP contribution is 2.37. The number of esters is 7. The topological polar surface area (TPSA) is 232 Å². The van der Waals surface area contributed by atoms with E-state index in [1.165, 1.54) is 84.9 Å². The maximum Gasteiger partial charge on any atom is 0.338 e. The molecule has 7 aromatic rings. The summed E-state index contributed by atoms with van der Waals surface area (Å²) in [4.78, 5) is 98.6. The molecule has 2 saturated heterocycles. The molecule has 7 aromatic carbocycles. The molecular formula is C61H50O18. The fourth-order valence-electron chi connectivity index (χ4n) is 8.59. The molecule has 0 aromatic heterocycles. The van der Waals surface area contributed by atoms with Crippen molar-refractivity contribution in [1.29, 1.82) is 0 Å². The van der Waals surface area contributed by atoms with Crippen LogP contribution in [0.4, 0.5) is 0 Å². The van der Waals surface area contributed by atoms with Crippen LogP contribution in [0, 0.1) is 0 Å². The number of carbonyl (C=O) groups is 7. The van der Waals surface area contributed by atoms with Crippen molar-refractivity contribution in [2.75, 3.05) is 13.2 Å². The Hall–Kier alpha value is -9.33. The minimum atomic E-state index is -2.16. The van der Waals surface area contributed by atoms with Gasteiger partial charge in [0, 0.05) is 0 Å². The molecule has 0 bridgehead atoms. The van der Waals surface area contributed by atoms with Gasteiger partial charge in [0.15, 0.2) is 43.1 Å². The first-order chi connectivity index (χ1) is 38.5. The maximum absolute atomic E-state index is 14.5. The van der Waals surface area contributed by atoms with Crippen molar-refractivity contribution in [2.24, 2.45) is 0 Å². The van der Waals surface area contributed by atoms with Crippen molar-refractivity contribution in [1.82, 2.24) is 0 Å². The third-order valence-corrected chi connectivity index (χ3v) is 12.5. The minimum absolute atomic E-state index is 0.000933. The number of aliphatic hydroxyl groups is 1. The Kier molecular flexibility index (Phi) is 18.0. The van der Waals surface area contributed by atoms with Gasteiger partial charge >= 0.3 is 41.8 Å². The number of carbonyl (C=O) groups excluding carboxylic acids is 7. The summed E-state index contributed by atoms with van der Waals surface area (Å²) in [6.07, 6.45) is -19.1. The fraction of sp³-hybridized carbons (Fsp3) is 0.197. The number of hydrogen-bond donors (Lipinski definition) is 1. The molecule has 18 heteroatoms. The van der Waals surface area contributed by atoms with Gasteiger partial charge in [0.1, 0.15) is 31.5 Å². The second kappa shape index (κ2) is 26.1. The van der Waals surface area contributed by atoms with Crippen molar-refractivity contribution in [3.8, 4) is 0 Å². The Labute approximate surface area is 452 Å². The van der Waals surface area contributed by atoms with Gasteiger partial charge < -0.3 is 52.5 Å². The molecule has 2 aliphatic heterocycles. The van der Waals surface area contributed by atoms with Crippen molar-refractivity contribution in [3.05, 3.63) is 251 Å². The summed E-state index contributed by atoms with van der Waals surface area (Å²) >= 11 is 0. The molecule has 2 fully saturated rings. The zero-order chi connectivity index (χ0) is 55.1. The summed E-state index contributed by atoms with van der Waals surface area (Å²) in [6.45, 7) is -1.48. The van der Waals surface area contributed by atoms with Crippen LogP contribution in [0.3, 0.4) is 0 Å². The van der Waals surface area contributed by atoms with E-state index >= 15 is 0 Å². The van der Waals surface area contributed by atoms with Crippen LogP contribution in [0.1, 0.15) is 72.5 Å². The van der Waals surface area contributed by atoms with Crippen LogP contribution in [-0.4, -0.2) is 122 Å². The largest absolute Gasteiger partial charge is 0.459 e. The van der Waals surface area contributed by atoms with Crippen LogP contribution >= 0.6 is 0 Å². The lowest BCUT2D eigenvalue weighted by molar-refractivity contribution is -0.352. The smallest absolute Gasteiger partial charge is 0.338 e. The lowest BCUT2D eigenvalue weighted by atomic mass is 9.95. The third kappa shape index (κ3) is 13.8. The summed E-state index contributed by atoms with van der Waals surface area (Å²) < 4.78 is 61.9. The van der Waals surface area contributed by atoms with Crippen LogP contribution in [-0.2, 0) is 47.4 Å². The van der Waals surface area contributed by atoms with Crippen molar-refractivity contribution < 1.29 is 86.0 Å². The molecule has 10 atom stereocenters. The predicted octanol–water partition coefficient (Wildman–Crippen LogP) is 7.66. The SMILES string of the molecule is O=C(OCC1O[C@@H](O[C@@H]2C(OC(=O)c3ccccc3)[C@H](O)OC(COC(=O)c3ccccc3)[C@H]2OC(=O)c2ccccc2)C(OC(=O)c2ccccc2)[C@@H](OC(=O)c2ccccc2)[C@@H]1OC(=O)c1ccccc1)c1ccccc1. The zero-order valence-corrected chi connectivity index (χ0v) is 41.8. The molecule has 402 valence electrons. The van der Waals surface area contributed by atoms with E-state index in [0.29, 0.717) is 0 Å². The van der Waals surface area contributed by atoms with Gasteiger partial charge in [-0.05, 0) is 84.9 Å². The van der Waals surface area contributed by atoms with Crippen molar-refractivity contribution in [3.63, 3.8) is 0 Å². The van der Waals surface area contributed by atoms with E-state index in [1.54, 1.807) is 127 Å². The first kappa shape index (κ1) is 54.5. The molecule has 0 amide bonds. The molecule has 1 N–H and O–H groups in total. The van der Waals surface area contributed by atoms with Gasteiger partial charge in [0.05, 0.1) is 38.9 Å². The molecule has 79 heavy (non-hydrogen) atoms. The Morgan fingerprint density at radius 1 is 0.304 bits per heavy atom. The van der Waals surface area contributed by atoms with Crippen LogP contribution in [0.15, 0.2) is 212 Å². The Balaban J connectivity index is 1.18. The molecule has 0 radical (unpaired) electrons. The average molecular weight is 1070 g/mol. The molecule has 18 nitrogen and oxygen atoms in total. The Morgan fingerprint density at radius 3 is 0.886 bits per heavy atom. The second-order valence-electron chi connectivity index (χ2n) is 17.8. The lowest BCUT2D eigenvalue weighted by Crippen LogP contribution is -2.67. The summed E-state index contributed by atoms with van der Waals surface area (Å²) in [5.41, 5.74) is 0.295. The third-order valence-electron chi connectivity index (χ3n) is 12.5. The van der Waals surface area contributed by atoms with Crippen LogP contribution in [0.5, 0.6) is 0 Å². The van der Waals surface area contributed by atoms with E-state index in [0.717, 1.165) is 0 Å². The first-order valence-corrected chi connectivity index (χ1v) is 24.9. The minimum Gasteiger partial charge on any atom is -0.459 e. The van der Waals surface area contributed by atoms with Gasteiger partial charge in [-0.15, -0.1) is 0 Å². The molecule has 0 aliphatic carbocycles. The van der Waals surface area contributed by atoms with E-state index in [1.807, 2.05) is 0 Å². The van der Waals surface area contributed by atoms with Crippen LogP contribution < -0.4 is 0 Å². The molecule has 0 spiro atoms. The van der Waals surface area contributed by atoms with Gasteiger partial charge in [-0.1, -0.05) is 127 Å². The summed E-state index contributed by atoms with van der Waals surface area (Å²) in [5, 5.41) is 12.0. The van der Waals surface area contributed by atoms with E-state index in [2.05, 4.69) is 0 Å². The highest BCUT2D eigenvalue weighted by molar-refractivity contribution is 5.93. The molecule has 2 aliphatic rings. The van der Waals surface area contributed by atoms with Gasteiger partial charge in [0.2, 0.25) is 0 Å². The highest BCUT2D eigenvalue weighted by atomic mass is 16.8. The molecule has 9 rings (SSSR count). The van der Waals surface area contributed by atoms with Crippen LogP contribution in [0.25, 0.3) is 0 Å². The quantitative estimate of drug-likeness (QED) is 0.0642. The Morgan fingerprint density at radius 2 is 0.557 bits per heavy atom. The fourth-order valence-corrected chi connectivity index (χ4v) is 8.59. The van der Waals surface area contributed by atoms with Gasteiger partial charge in [-0.25, -0.2) is 33.6 Å². The predicted molar refractivity (Wildman–Crippen MR) is 276 cm³/mol. The monoisotopic (exact) mass is 1070 g/mol. The van der Waals surface area contributed by atoms with E-state index < -0.39 is 116 Å². The van der Waals surface area contributed by atoms with Gasteiger partial charge in [-0.2, -0.15) is 0 Å². The molecular weight excluding hydrogens is 1020 g/mol. The van der Waals surface area contributed by atoms with Gasteiger partial charge in [0.25, 0.3) is 0 Å². The maximum atomic E-state index is 14.5. The normalized spacial score (nSPS) is 22.4. The van der Waals surface area contributed by atoms with E-state index in [9.17, 15) is 38.7 Å². The highest BCUT2D eigenvalue weighted by Gasteiger charge is 2.58. The Bertz CT molecular complexity index is 3170. The number of benzene rings is 7. The molecule has 0 saturated carbocycles. The average Bonchev–Trinajstić information content (AvgIpc) is 3.54. The summed E-state index contributed by atoms with van der Waals surface area (Å²) in [7, 11) is 0.